The summed E-state index contributed by atoms with van der Waals surface area (Å²) in [5, 5.41) is 9.08. The molecule has 1 N–H and O–H groups in total. The van der Waals surface area contributed by atoms with Crippen molar-refractivity contribution in [1.82, 2.24) is 9.80 Å². The lowest BCUT2D eigenvalue weighted by molar-refractivity contribution is -0.141. The highest BCUT2D eigenvalue weighted by atomic mass is 32.2. The highest BCUT2D eigenvalue weighted by molar-refractivity contribution is 7.99. The molecule has 5 nitrogen and oxygen atoms in total. The number of carbonyl (C=O) groups is 2. The highest BCUT2D eigenvalue weighted by Crippen LogP contribution is 2.23. The second kappa shape index (κ2) is 5.16. The number of carbonyl (C=O) groups excluding carboxylic acids is 1. The summed E-state index contributed by atoms with van der Waals surface area (Å²) in [6.07, 6.45) is 1.37. The zero-order chi connectivity index (χ0) is 12.4. The van der Waals surface area contributed by atoms with Crippen LogP contribution in [0.25, 0.3) is 0 Å². The van der Waals surface area contributed by atoms with Crippen LogP contribution in [0, 0.1) is 0 Å². The van der Waals surface area contributed by atoms with E-state index in [0.29, 0.717) is 13.0 Å². The molecule has 96 valence electrons. The summed E-state index contributed by atoms with van der Waals surface area (Å²) in [4.78, 5) is 26.7. The third-order valence-electron chi connectivity index (χ3n) is 3.40. The Kier molecular flexibility index (Phi) is 3.81. The van der Waals surface area contributed by atoms with Crippen molar-refractivity contribution in [2.45, 2.75) is 31.8 Å². The Balaban J connectivity index is 2.05. The number of likely N-dealkylation sites (tertiary alicyclic amines) is 1. The van der Waals surface area contributed by atoms with Crippen LogP contribution in [-0.4, -0.2) is 63.6 Å². The van der Waals surface area contributed by atoms with Crippen molar-refractivity contribution < 1.29 is 14.7 Å². The molecule has 1 unspecified atom stereocenters. The second-order valence-electron chi connectivity index (χ2n) is 4.59. The Morgan fingerprint density at radius 3 is 2.71 bits per heavy atom. The molecule has 2 saturated heterocycles. The van der Waals surface area contributed by atoms with Gasteiger partial charge in [-0.15, -0.1) is 0 Å². The Labute approximate surface area is 105 Å². The number of thioether (sulfide) groups is 1. The number of hydrogen-bond acceptors (Lipinski definition) is 3. The molecule has 0 aromatic carbocycles. The molecule has 0 aromatic rings. The molecular weight excluding hydrogens is 240 g/mol. The van der Waals surface area contributed by atoms with Crippen LogP contribution in [0.1, 0.15) is 19.8 Å². The summed E-state index contributed by atoms with van der Waals surface area (Å²) >= 11 is 1.85. The average molecular weight is 258 g/mol. The first kappa shape index (κ1) is 12.5. The molecule has 2 atom stereocenters. The normalized spacial score (nSPS) is 29.5. The van der Waals surface area contributed by atoms with Crippen LogP contribution in [0.5, 0.6) is 0 Å². The van der Waals surface area contributed by atoms with Gasteiger partial charge in [0.1, 0.15) is 6.04 Å². The largest absolute Gasteiger partial charge is 0.480 e. The standard InChI is InChI=1S/C11H18N2O3S/c1-8-7-17-6-5-12(8)11(16)13-4-2-3-9(13)10(14)15/h8-9H,2-7H2,1H3,(H,14,15)/t8?,9-/m1/s1. The fourth-order valence-electron chi connectivity index (χ4n) is 2.43. The van der Waals surface area contributed by atoms with Crippen molar-refractivity contribution in [3.63, 3.8) is 0 Å². The van der Waals surface area contributed by atoms with Crippen molar-refractivity contribution in [3.05, 3.63) is 0 Å². The van der Waals surface area contributed by atoms with Gasteiger partial charge in [-0.1, -0.05) is 0 Å². The van der Waals surface area contributed by atoms with E-state index in [1.165, 1.54) is 4.90 Å². The van der Waals surface area contributed by atoms with Crippen LogP contribution in [0.3, 0.4) is 0 Å². The molecule has 6 heteroatoms. The maximum atomic E-state index is 12.3. The summed E-state index contributed by atoms with van der Waals surface area (Å²) in [5.41, 5.74) is 0. The number of carboxylic acids is 1. The van der Waals surface area contributed by atoms with E-state index in [1.807, 2.05) is 23.6 Å². The topological polar surface area (TPSA) is 60.9 Å². The van der Waals surface area contributed by atoms with Gasteiger partial charge in [-0.2, -0.15) is 11.8 Å². The van der Waals surface area contributed by atoms with Crippen LogP contribution < -0.4 is 0 Å². The fraction of sp³-hybridized carbons (Fsp3) is 0.818. The van der Waals surface area contributed by atoms with Gasteiger partial charge in [0.25, 0.3) is 0 Å². The SMILES string of the molecule is CC1CSCCN1C(=O)N1CCC[C@@H]1C(=O)O. The Hall–Kier alpha value is -0.910. The molecule has 2 aliphatic rings. The molecule has 0 bridgehead atoms. The molecule has 0 aliphatic carbocycles. The van der Waals surface area contributed by atoms with E-state index in [4.69, 9.17) is 5.11 Å². The van der Waals surface area contributed by atoms with E-state index in [9.17, 15) is 9.59 Å². The van der Waals surface area contributed by atoms with Crippen LogP contribution in [-0.2, 0) is 4.79 Å². The van der Waals surface area contributed by atoms with Gasteiger partial charge >= 0.3 is 12.0 Å². The average Bonchev–Trinajstić information content (AvgIpc) is 2.77. The van der Waals surface area contributed by atoms with Gasteiger partial charge in [0.2, 0.25) is 0 Å². The minimum Gasteiger partial charge on any atom is -0.480 e. The van der Waals surface area contributed by atoms with Gasteiger partial charge in [0.15, 0.2) is 0 Å². The molecule has 2 heterocycles. The number of hydrogen-bond donors (Lipinski definition) is 1. The van der Waals surface area contributed by atoms with Crippen molar-refractivity contribution in [2.75, 3.05) is 24.6 Å². The quantitative estimate of drug-likeness (QED) is 0.765. The van der Waals surface area contributed by atoms with E-state index in [1.54, 1.807) is 0 Å². The van der Waals surface area contributed by atoms with Gasteiger partial charge in [-0.05, 0) is 19.8 Å². The molecule has 2 amide bonds. The van der Waals surface area contributed by atoms with E-state index in [2.05, 4.69) is 0 Å². The molecule has 2 aliphatic heterocycles. The first-order valence-corrected chi connectivity index (χ1v) is 7.14. The second-order valence-corrected chi connectivity index (χ2v) is 5.74. The maximum Gasteiger partial charge on any atom is 0.326 e. The van der Waals surface area contributed by atoms with Gasteiger partial charge in [0, 0.05) is 30.6 Å². The highest BCUT2D eigenvalue weighted by Gasteiger charge is 2.37. The van der Waals surface area contributed by atoms with Crippen LogP contribution in [0.2, 0.25) is 0 Å². The Morgan fingerprint density at radius 1 is 1.29 bits per heavy atom. The van der Waals surface area contributed by atoms with Crippen molar-refractivity contribution in [2.24, 2.45) is 0 Å². The summed E-state index contributed by atoms with van der Waals surface area (Å²) in [5.74, 6) is 1.01. The predicted octanol–water partition coefficient (Wildman–Crippen LogP) is 1.09. The molecule has 0 spiro atoms. The number of nitrogens with zero attached hydrogens (tertiary/aromatic N) is 2. The number of rotatable bonds is 1. The lowest BCUT2D eigenvalue weighted by Crippen LogP contribution is -2.53. The van der Waals surface area contributed by atoms with E-state index < -0.39 is 12.0 Å². The van der Waals surface area contributed by atoms with E-state index in [-0.39, 0.29) is 12.1 Å². The molecule has 0 saturated carbocycles. The summed E-state index contributed by atoms with van der Waals surface area (Å²) in [6.45, 7) is 3.33. The Morgan fingerprint density at radius 2 is 2.06 bits per heavy atom. The summed E-state index contributed by atoms with van der Waals surface area (Å²) < 4.78 is 0. The predicted molar refractivity (Wildman–Crippen MR) is 66.3 cm³/mol. The molecule has 0 radical (unpaired) electrons. The monoisotopic (exact) mass is 258 g/mol. The number of aliphatic carboxylic acids is 1. The minimum absolute atomic E-state index is 0.0947. The molecule has 0 aromatic heterocycles. The van der Waals surface area contributed by atoms with Crippen molar-refractivity contribution >= 4 is 23.8 Å². The van der Waals surface area contributed by atoms with Gasteiger partial charge in [0.05, 0.1) is 0 Å². The number of urea groups is 1. The first-order chi connectivity index (χ1) is 8.11. The first-order valence-electron chi connectivity index (χ1n) is 5.99. The van der Waals surface area contributed by atoms with E-state index in [0.717, 1.165) is 24.5 Å². The minimum atomic E-state index is -0.880. The molecule has 2 rings (SSSR count). The van der Waals surface area contributed by atoms with Crippen LogP contribution >= 0.6 is 11.8 Å². The summed E-state index contributed by atoms with van der Waals surface area (Å²) in [7, 11) is 0. The van der Waals surface area contributed by atoms with Gasteiger partial charge in [-0.25, -0.2) is 9.59 Å². The smallest absolute Gasteiger partial charge is 0.326 e. The molecular formula is C11H18N2O3S. The van der Waals surface area contributed by atoms with Gasteiger partial charge < -0.3 is 14.9 Å². The third-order valence-corrected chi connectivity index (χ3v) is 4.59. The van der Waals surface area contributed by atoms with Crippen molar-refractivity contribution in [3.8, 4) is 0 Å². The van der Waals surface area contributed by atoms with Crippen LogP contribution in [0.4, 0.5) is 4.79 Å². The molecule has 17 heavy (non-hydrogen) atoms. The third kappa shape index (κ3) is 2.51. The van der Waals surface area contributed by atoms with E-state index >= 15 is 0 Å². The lowest BCUT2D eigenvalue weighted by Gasteiger charge is -2.37. The van der Waals surface area contributed by atoms with Gasteiger partial charge in [-0.3, -0.25) is 0 Å². The van der Waals surface area contributed by atoms with Crippen molar-refractivity contribution in [1.29, 1.82) is 0 Å². The Bertz CT molecular complexity index is 324. The maximum absolute atomic E-state index is 12.3. The number of amides is 2. The lowest BCUT2D eigenvalue weighted by atomic mass is 10.2. The summed E-state index contributed by atoms with van der Waals surface area (Å²) in [6, 6.07) is -0.511. The fourth-order valence-corrected chi connectivity index (χ4v) is 3.44. The molecule has 2 fully saturated rings. The zero-order valence-corrected chi connectivity index (χ0v) is 10.8. The zero-order valence-electron chi connectivity index (χ0n) is 9.96. The number of carboxylic acid groups (broad SMARTS) is 1. The van der Waals surface area contributed by atoms with Crippen LogP contribution in [0.15, 0.2) is 0 Å².